The van der Waals surface area contributed by atoms with Gasteiger partial charge in [0.25, 0.3) is 0 Å². The van der Waals surface area contributed by atoms with Gasteiger partial charge >= 0.3 is 6.09 Å². The summed E-state index contributed by atoms with van der Waals surface area (Å²) in [7, 11) is -3.55. The second kappa shape index (κ2) is 7.93. The zero-order valence-corrected chi connectivity index (χ0v) is 16.4. The van der Waals surface area contributed by atoms with Crippen molar-refractivity contribution in [1.29, 1.82) is 0 Å². The first-order chi connectivity index (χ1) is 11.6. The summed E-state index contributed by atoms with van der Waals surface area (Å²) >= 11 is 6.04. The molecule has 1 aliphatic rings. The molecule has 1 fully saturated rings. The average molecular weight is 389 g/mol. The Kier molecular flexibility index (Phi) is 6.35. The number of hydrogen-bond donors (Lipinski definition) is 1. The second-order valence-electron chi connectivity index (χ2n) is 7.23. The molecule has 0 unspecified atom stereocenters. The highest BCUT2D eigenvalue weighted by atomic mass is 35.5. The molecule has 0 bridgehead atoms. The maximum atomic E-state index is 12.4. The van der Waals surface area contributed by atoms with E-state index in [1.165, 1.54) is 0 Å². The molecule has 1 heterocycles. The normalized spacial score (nSPS) is 18.9. The highest BCUT2D eigenvalue weighted by molar-refractivity contribution is 7.88. The van der Waals surface area contributed by atoms with Crippen molar-refractivity contribution >= 4 is 27.7 Å². The smallest absolute Gasteiger partial charge is 0.410 e. The topological polar surface area (TPSA) is 75.7 Å². The molecular formula is C17H25ClN2O4S. The summed E-state index contributed by atoms with van der Waals surface area (Å²) in [6.07, 6.45) is 0.988. The number of ether oxygens (including phenoxy) is 1. The lowest BCUT2D eigenvalue weighted by atomic mass is 10.1. The van der Waals surface area contributed by atoms with Crippen molar-refractivity contribution < 1.29 is 17.9 Å². The van der Waals surface area contributed by atoms with E-state index >= 15 is 0 Å². The Labute approximate surface area is 154 Å². The van der Waals surface area contributed by atoms with Crippen molar-refractivity contribution in [2.24, 2.45) is 0 Å². The van der Waals surface area contributed by atoms with Gasteiger partial charge in [-0.15, -0.1) is 0 Å². The lowest BCUT2D eigenvalue weighted by Crippen LogP contribution is -2.50. The van der Waals surface area contributed by atoms with E-state index < -0.39 is 21.7 Å². The van der Waals surface area contributed by atoms with Gasteiger partial charge in [0.1, 0.15) is 5.60 Å². The SMILES string of the molecule is CC(C)(C)OC(=O)N1CCC[C@@H](NS(=O)(=O)Cc2ccccc2Cl)C1. The summed E-state index contributed by atoms with van der Waals surface area (Å²) in [6.45, 7) is 6.28. The van der Waals surface area contributed by atoms with Crippen molar-refractivity contribution in [2.45, 2.75) is 51.0 Å². The van der Waals surface area contributed by atoms with Crippen molar-refractivity contribution in [2.75, 3.05) is 13.1 Å². The molecule has 0 aromatic heterocycles. The van der Waals surface area contributed by atoms with Crippen molar-refractivity contribution in [3.8, 4) is 0 Å². The number of halogens is 1. The van der Waals surface area contributed by atoms with Crippen LogP contribution >= 0.6 is 11.6 Å². The molecule has 0 saturated carbocycles. The lowest BCUT2D eigenvalue weighted by Gasteiger charge is -2.34. The van der Waals surface area contributed by atoms with Gasteiger partial charge < -0.3 is 9.64 Å². The molecule has 1 aromatic carbocycles. The third-order valence-electron chi connectivity index (χ3n) is 3.72. The first-order valence-corrected chi connectivity index (χ1v) is 10.3. The fourth-order valence-electron chi connectivity index (χ4n) is 2.68. The molecule has 0 spiro atoms. The molecule has 1 amide bonds. The zero-order valence-electron chi connectivity index (χ0n) is 14.8. The average Bonchev–Trinajstić information content (AvgIpc) is 2.47. The number of carbonyl (C=O) groups is 1. The van der Waals surface area contributed by atoms with Crippen LogP contribution in [0.1, 0.15) is 39.2 Å². The van der Waals surface area contributed by atoms with Crippen molar-refractivity contribution in [3.05, 3.63) is 34.9 Å². The molecule has 1 saturated heterocycles. The third-order valence-corrected chi connectivity index (χ3v) is 5.47. The van der Waals surface area contributed by atoms with E-state index in [4.69, 9.17) is 16.3 Å². The molecule has 0 aliphatic carbocycles. The van der Waals surface area contributed by atoms with Crippen molar-refractivity contribution in [3.63, 3.8) is 0 Å². The fraction of sp³-hybridized carbons (Fsp3) is 0.588. The minimum atomic E-state index is -3.55. The number of rotatable bonds is 4. The van der Waals surface area contributed by atoms with Crippen LogP contribution in [0.25, 0.3) is 0 Å². The van der Waals surface area contributed by atoms with E-state index in [1.54, 1.807) is 49.9 Å². The van der Waals surface area contributed by atoms with Crippen LogP contribution in [0, 0.1) is 0 Å². The first-order valence-electron chi connectivity index (χ1n) is 8.27. The maximum absolute atomic E-state index is 12.4. The fourth-order valence-corrected chi connectivity index (χ4v) is 4.41. The molecule has 140 valence electrons. The summed E-state index contributed by atoms with van der Waals surface area (Å²) < 4.78 is 32.9. The van der Waals surface area contributed by atoms with Gasteiger partial charge in [-0.3, -0.25) is 0 Å². The molecule has 1 N–H and O–H groups in total. The molecular weight excluding hydrogens is 364 g/mol. The van der Waals surface area contributed by atoms with Crippen LogP contribution in [-0.2, 0) is 20.5 Å². The number of sulfonamides is 1. The standard InChI is InChI=1S/C17H25ClN2O4S/c1-17(2,3)24-16(21)20-10-6-8-14(11-20)19-25(22,23)12-13-7-4-5-9-15(13)18/h4-5,7,9,14,19H,6,8,10-12H2,1-3H3/t14-/m1/s1. The molecule has 0 radical (unpaired) electrons. The zero-order chi connectivity index (χ0) is 18.7. The Balaban J connectivity index is 1.97. The molecule has 2 rings (SSSR count). The Bertz CT molecular complexity index is 716. The van der Waals surface area contributed by atoms with Crippen LogP contribution in [0.15, 0.2) is 24.3 Å². The number of benzene rings is 1. The highest BCUT2D eigenvalue weighted by Crippen LogP contribution is 2.19. The number of likely N-dealkylation sites (tertiary alicyclic amines) is 1. The monoisotopic (exact) mass is 388 g/mol. The van der Waals surface area contributed by atoms with E-state index in [0.717, 1.165) is 6.42 Å². The Hall–Kier alpha value is -1.31. The first kappa shape index (κ1) is 20.0. The van der Waals surface area contributed by atoms with Crippen LogP contribution in [0.4, 0.5) is 4.79 Å². The van der Waals surface area contributed by atoms with Crippen LogP contribution in [0.3, 0.4) is 0 Å². The minimum Gasteiger partial charge on any atom is -0.444 e. The van der Waals surface area contributed by atoms with Gasteiger partial charge in [-0.25, -0.2) is 17.9 Å². The largest absolute Gasteiger partial charge is 0.444 e. The van der Waals surface area contributed by atoms with Crippen LogP contribution < -0.4 is 4.72 Å². The van der Waals surface area contributed by atoms with Gasteiger partial charge in [0, 0.05) is 24.2 Å². The van der Waals surface area contributed by atoms with Crippen LogP contribution in [0.5, 0.6) is 0 Å². The van der Waals surface area contributed by atoms with E-state index in [9.17, 15) is 13.2 Å². The number of carbonyl (C=O) groups excluding carboxylic acids is 1. The molecule has 6 nitrogen and oxygen atoms in total. The van der Waals surface area contributed by atoms with E-state index in [2.05, 4.69) is 4.72 Å². The summed E-state index contributed by atoms with van der Waals surface area (Å²) in [5.41, 5.74) is -0.0235. The van der Waals surface area contributed by atoms with E-state index in [0.29, 0.717) is 30.1 Å². The number of hydrogen-bond acceptors (Lipinski definition) is 4. The molecule has 25 heavy (non-hydrogen) atoms. The summed E-state index contributed by atoms with van der Waals surface area (Å²) in [4.78, 5) is 13.7. The lowest BCUT2D eigenvalue weighted by molar-refractivity contribution is 0.0195. The van der Waals surface area contributed by atoms with Gasteiger partial charge in [-0.1, -0.05) is 29.8 Å². The Morgan fingerprint density at radius 1 is 1.36 bits per heavy atom. The molecule has 1 aromatic rings. The second-order valence-corrected chi connectivity index (χ2v) is 9.39. The quantitative estimate of drug-likeness (QED) is 0.859. The summed E-state index contributed by atoms with van der Waals surface area (Å²) in [5, 5.41) is 0.423. The number of nitrogens with zero attached hydrogens (tertiary/aromatic N) is 1. The number of nitrogens with one attached hydrogen (secondary N) is 1. The van der Waals surface area contributed by atoms with Gasteiger partial charge in [0.2, 0.25) is 10.0 Å². The molecule has 1 atom stereocenters. The Morgan fingerprint density at radius 2 is 2.04 bits per heavy atom. The predicted octanol–water partition coefficient (Wildman–Crippen LogP) is 3.16. The molecule has 8 heteroatoms. The Morgan fingerprint density at radius 3 is 2.68 bits per heavy atom. The summed E-state index contributed by atoms with van der Waals surface area (Å²) in [6, 6.07) is 6.54. The van der Waals surface area contributed by atoms with E-state index in [1.807, 2.05) is 0 Å². The highest BCUT2D eigenvalue weighted by Gasteiger charge is 2.29. The number of amides is 1. The molecule has 1 aliphatic heterocycles. The third kappa shape index (κ3) is 6.49. The van der Waals surface area contributed by atoms with Crippen molar-refractivity contribution in [1.82, 2.24) is 9.62 Å². The predicted molar refractivity (Wildman–Crippen MR) is 98.0 cm³/mol. The van der Waals surface area contributed by atoms with Crippen LogP contribution in [-0.4, -0.2) is 44.1 Å². The summed E-state index contributed by atoms with van der Waals surface area (Å²) in [5.74, 6) is -0.185. The van der Waals surface area contributed by atoms with Gasteiger partial charge in [-0.05, 0) is 45.2 Å². The van der Waals surface area contributed by atoms with Gasteiger partial charge in [0.05, 0.1) is 5.75 Å². The number of piperidine rings is 1. The van der Waals surface area contributed by atoms with E-state index in [-0.39, 0.29) is 11.8 Å². The van der Waals surface area contributed by atoms with Gasteiger partial charge in [-0.2, -0.15) is 0 Å². The van der Waals surface area contributed by atoms with Crippen LogP contribution in [0.2, 0.25) is 5.02 Å². The maximum Gasteiger partial charge on any atom is 0.410 e. The van der Waals surface area contributed by atoms with Gasteiger partial charge in [0.15, 0.2) is 0 Å². The minimum absolute atomic E-state index is 0.185.